The van der Waals surface area contributed by atoms with Crippen LogP contribution in [0, 0.1) is 10.9 Å². The molecule has 0 aromatic heterocycles. The molecule has 0 saturated carbocycles. The molecule has 0 aliphatic rings. The lowest BCUT2D eigenvalue weighted by Gasteiger charge is -1.87. The Morgan fingerprint density at radius 3 is 2.00 bits per heavy atom. The molecule has 0 rings (SSSR count). The van der Waals surface area contributed by atoms with E-state index in [0.29, 0.717) is 11.4 Å². The van der Waals surface area contributed by atoms with Crippen LogP contribution in [-0.2, 0) is 0 Å². The second kappa shape index (κ2) is 3.01. The Labute approximate surface area is 47.6 Å². The molecule has 0 unspecified atom stereocenters. The maximum absolute atomic E-state index is 6.93. The van der Waals surface area contributed by atoms with E-state index >= 15 is 0 Å². The summed E-state index contributed by atoms with van der Waals surface area (Å²) in [6.07, 6.45) is 0. The third-order valence-corrected chi connectivity index (χ3v) is 0.743. The van der Waals surface area contributed by atoms with Gasteiger partial charge in [0.15, 0.2) is 0 Å². The molecule has 0 fully saturated rings. The van der Waals surface area contributed by atoms with Crippen LogP contribution in [0.15, 0.2) is 10.3 Å². The minimum absolute atomic E-state index is 0.348. The smallest absolute Gasteiger partial charge is 0.0821 e. The monoisotopic (exact) mass is 112 g/mol. The van der Waals surface area contributed by atoms with Crippen LogP contribution >= 0.6 is 0 Å². The fraction of sp³-hybridized carbons (Fsp3) is 0.500. The molecule has 0 heterocycles. The summed E-state index contributed by atoms with van der Waals surface area (Å²) in [4.78, 5) is 0. The van der Waals surface area contributed by atoms with Crippen molar-refractivity contribution in [2.45, 2.75) is 13.8 Å². The standard InChI is InChI=1S/C4H8N4/c1-3(5)4(2)7-8-6/h5-6H,1-2H3/b5-3?,7-4-,8-6?. The average Bonchev–Trinajstić information content (AvgIpc) is 1.67. The van der Waals surface area contributed by atoms with Gasteiger partial charge in [-0.2, -0.15) is 5.53 Å². The average molecular weight is 112 g/mol. The molecule has 0 aliphatic heterocycles. The summed E-state index contributed by atoms with van der Waals surface area (Å²) >= 11 is 0. The van der Waals surface area contributed by atoms with E-state index in [9.17, 15) is 0 Å². The maximum atomic E-state index is 6.93. The van der Waals surface area contributed by atoms with Gasteiger partial charge in [-0.3, -0.25) is 0 Å². The van der Waals surface area contributed by atoms with Gasteiger partial charge in [-0.15, -0.1) is 5.10 Å². The third kappa shape index (κ3) is 2.17. The van der Waals surface area contributed by atoms with Crippen LogP contribution in [0.1, 0.15) is 13.8 Å². The Morgan fingerprint density at radius 1 is 1.38 bits per heavy atom. The Morgan fingerprint density at radius 2 is 1.88 bits per heavy atom. The first-order chi connectivity index (χ1) is 3.68. The molecular weight excluding hydrogens is 104 g/mol. The molecule has 0 radical (unpaired) electrons. The van der Waals surface area contributed by atoms with Crippen molar-refractivity contribution in [2.75, 3.05) is 0 Å². The van der Waals surface area contributed by atoms with E-state index in [-0.39, 0.29) is 0 Å². The van der Waals surface area contributed by atoms with Crippen molar-refractivity contribution in [1.29, 1.82) is 10.9 Å². The highest BCUT2D eigenvalue weighted by Gasteiger charge is 1.89. The molecule has 0 amide bonds. The number of nitrogens with zero attached hydrogens (tertiary/aromatic N) is 2. The van der Waals surface area contributed by atoms with Crippen LogP contribution in [0.4, 0.5) is 0 Å². The fourth-order valence-electron chi connectivity index (χ4n) is 0.150. The minimum Gasteiger partial charge on any atom is -0.304 e. The molecule has 0 spiro atoms. The summed E-state index contributed by atoms with van der Waals surface area (Å²) < 4.78 is 0. The molecule has 4 heteroatoms. The topological polar surface area (TPSA) is 72.4 Å². The van der Waals surface area contributed by atoms with Crippen molar-refractivity contribution in [1.82, 2.24) is 0 Å². The molecule has 2 N–H and O–H groups in total. The number of rotatable bonds is 2. The van der Waals surface area contributed by atoms with Crippen LogP contribution in [0.3, 0.4) is 0 Å². The van der Waals surface area contributed by atoms with E-state index in [1.54, 1.807) is 13.8 Å². The summed E-state index contributed by atoms with van der Waals surface area (Å²) in [5.41, 5.74) is 7.10. The van der Waals surface area contributed by atoms with Crippen LogP contribution in [-0.4, -0.2) is 11.4 Å². The third-order valence-electron chi connectivity index (χ3n) is 0.743. The molecule has 0 atom stereocenters. The molecule has 0 aromatic carbocycles. The highest BCUT2D eigenvalue weighted by atomic mass is 15.3. The molecule has 8 heavy (non-hydrogen) atoms. The van der Waals surface area contributed by atoms with Gasteiger partial charge >= 0.3 is 0 Å². The SMILES string of the molecule is CC(=N)/C(C)=N\N=N. The summed E-state index contributed by atoms with van der Waals surface area (Å²) in [7, 11) is 0. The Balaban J connectivity index is 3.99. The van der Waals surface area contributed by atoms with Crippen molar-refractivity contribution in [3.05, 3.63) is 0 Å². The molecule has 0 aromatic rings. The quantitative estimate of drug-likeness (QED) is 0.308. The lowest BCUT2D eigenvalue weighted by Crippen LogP contribution is -2.01. The van der Waals surface area contributed by atoms with Crippen molar-refractivity contribution in [3.63, 3.8) is 0 Å². The second-order valence-electron chi connectivity index (χ2n) is 1.41. The van der Waals surface area contributed by atoms with Crippen LogP contribution < -0.4 is 0 Å². The van der Waals surface area contributed by atoms with E-state index in [1.165, 1.54) is 0 Å². The number of nitrogens with one attached hydrogen (secondary N) is 2. The summed E-state index contributed by atoms with van der Waals surface area (Å²) in [5, 5.41) is 13.0. The van der Waals surface area contributed by atoms with E-state index in [4.69, 9.17) is 10.9 Å². The first kappa shape index (κ1) is 6.94. The van der Waals surface area contributed by atoms with Crippen molar-refractivity contribution >= 4 is 11.4 Å². The molecular formula is C4H8N4. The van der Waals surface area contributed by atoms with Gasteiger partial charge in [0.1, 0.15) is 0 Å². The Bertz CT molecular complexity index is 135. The van der Waals surface area contributed by atoms with E-state index in [0.717, 1.165) is 0 Å². The molecule has 44 valence electrons. The van der Waals surface area contributed by atoms with Crippen molar-refractivity contribution < 1.29 is 0 Å². The highest BCUT2D eigenvalue weighted by Crippen LogP contribution is 1.79. The van der Waals surface area contributed by atoms with Crippen LogP contribution in [0.25, 0.3) is 0 Å². The number of hydrogen-bond acceptors (Lipinski definition) is 3. The number of hydrogen-bond donors (Lipinski definition) is 2. The predicted molar refractivity (Wildman–Crippen MR) is 31.7 cm³/mol. The zero-order valence-corrected chi connectivity index (χ0v) is 4.89. The first-order valence-electron chi connectivity index (χ1n) is 2.15. The maximum Gasteiger partial charge on any atom is 0.0821 e. The minimum atomic E-state index is 0.348. The van der Waals surface area contributed by atoms with Crippen LogP contribution in [0.5, 0.6) is 0 Å². The Kier molecular flexibility index (Phi) is 2.61. The normalized spacial score (nSPS) is 11.0. The van der Waals surface area contributed by atoms with Gasteiger partial charge in [-0.25, -0.2) is 0 Å². The predicted octanol–water partition coefficient (Wildman–Crippen LogP) is 1.43. The summed E-state index contributed by atoms with van der Waals surface area (Å²) in [6, 6.07) is 0. The van der Waals surface area contributed by atoms with Gasteiger partial charge < -0.3 is 5.41 Å². The van der Waals surface area contributed by atoms with Crippen LogP contribution in [0.2, 0.25) is 0 Å². The van der Waals surface area contributed by atoms with Gasteiger partial charge in [0, 0.05) is 0 Å². The molecule has 0 bridgehead atoms. The summed E-state index contributed by atoms with van der Waals surface area (Å²) in [5.74, 6) is 0. The van der Waals surface area contributed by atoms with Gasteiger partial charge in [0.25, 0.3) is 0 Å². The molecule has 4 nitrogen and oxygen atoms in total. The largest absolute Gasteiger partial charge is 0.304 e. The zero-order valence-electron chi connectivity index (χ0n) is 4.89. The van der Waals surface area contributed by atoms with Gasteiger partial charge in [-0.05, 0) is 13.8 Å². The first-order valence-corrected chi connectivity index (χ1v) is 2.15. The van der Waals surface area contributed by atoms with Gasteiger partial charge in [-0.1, -0.05) is 5.22 Å². The van der Waals surface area contributed by atoms with Crippen molar-refractivity contribution in [3.8, 4) is 0 Å². The van der Waals surface area contributed by atoms with Gasteiger partial charge in [0.05, 0.1) is 11.4 Å². The zero-order chi connectivity index (χ0) is 6.57. The fourth-order valence-corrected chi connectivity index (χ4v) is 0.150. The Hall–Kier alpha value is -1.06. The lowest BCUT2D eigenvalue weighted by molar-refractivity contribution is 0.990. The highest BCUT2D eigenvalue weighted by molar-refractivity contribution is 6.39. The van der Waals surface area contributed by atoms with Gasteiger partial charge in [0.2, 0.25) is 0 Å². The van der Waals surface area contributed by atoms with E-state index in [1.807, 2.05) is 0 Å². The molecule has 0 aliphatic carbocycles. The van der Waals surface area contributed by atoms with E-state index < -0.39 is 0 Å². The second-order valence-corrected chi connectivity index (χ2v) is 1.41. The summed E-state index contributed by atoms with van der Waals surface area (Å²) in [6.45, 7) is 3.24. The van der Waals surface area contributed by atoms with Crippen molar-refractivity contribution in [2.24, 2.45) is 10.3 Å². The molecule has 0 saturated heterocycles. The van der Waals surface area contributed by atoms with E-state index in [2.05, 4.69) is 10.3 Å². The lowest BCUT2D eigenvalue weighted by atomic mass is 10.3.